The monoisotopic (exact) mass is 250 g/mol. The molecule has 98 valence electrons. The fraction of sp³-hybridized carbons (Fsp3) is 0.538. The number of amides is 1. The lowest BCUT2D eigenvalue weighted by Gasteiger charge is -2.12. The molecule has 0 unspecified atom stereocenters. The van der Waals surface area contributed by atoms with Gasteiger partial charge in [0.2, 0.25) is 0 Å². The molecule has 1 N–H and O–H groups in total. The van der Waals surface area contributed by atoms with Crippen LogP contribution in [-0.2, 0) is 9.53 Å². The maximum Gasteiger partial charge on any atom is 0.251 e. The van der Waals surface area contributed by atoms with E-state index in [9.17, 15) is 4.79 Å². The quantitative estimate of drug-likeness (QED) is 0.868. The van der Waals surface area contributed by atoms with Crippen LogP contribution in [0.1, 0.15) is 25.7 Å². The van der Waals surface area contributed by atoms with Crippen molar-refractivity contribution in [1.82, 2.24) is 4.98 Å². The largest absolute Gasteiger partial charge is 0.493 e. The van der Waals surface area contributed by atoms with Crippen LogP contribution in [0.4, 0.5) is 5.82 Å². The maximum absolute atomic E-state index is 11.7. The molecule has 18 heavy (non-hydrogen) atoms. The summed E-state index contributed by atoms with van der Waals surface area (Å²) in [6.07, 6.45) is 6.35. The molecule has 5 nitrogen and oxygen atoms in total. The van der Waals surface area contributed by atoms with Gasteiger partial charge in [-0.25, -0.2) is 4.98 Å². The number of ether oxygens (including phenoxy) is 2. The number of hydrogen-bond donors (Lipinski definition) is 1. The minimum Gasteiger partial charge on any atom is -0.493 e. The summed E-state index contributed by atoms with van der Waals surface area (Å²) in [7, 11) is 1.54. The highest BCUT2D eigenvalue weighted by Gasteiger charge is 2.17. The lowest BCUT2D eigenvalue weighted by molar-refractivity contribution is -0.122. The smallest absolute Gasteiger partial charge is 0.251 e. The average Bonchev–Trinajstić information content (AvgIpc) is 2.90. The molecular weight excluding hydrogens is 232 g/mol. The van der Waals surface area contributed by atoms with Gasteiger partial charge in [-0.3, -0.25) is 4.79 Å². The molecule has 0 bridgehead atoms. The van der Waals surface area contributed by atoms with Crippen LogP contribution >= 0.6 is 0 Å². The molecule has 1 fully saturated rings. The fourth-order valence-corrected chi connectivity index (χ4v) is 2.07. The van der Waals surface area contributed by atoms with Gasteiger partial charge in [-0.1, -0.05) is 12.8 Å². The van der Waals surface area contributed by atoms with Crippen LogP contribution in [0.2, 0.25) is 0 Å². The van der Waals surface area contributed by atoms with E-state index >= 15 is 0 Å². The zero-order valence-electron chi connectivity index (χ0n) is 10.5. The third kappa shape index (κ3) is 3.43. The first-order valence-corrected chi connectivity index (χ1v) is 6.20. The fourth-order valence-electron chi connectivity index (χ4n) is 2.07. The molecule has 1 aliphatic carbocycles. The predicted molar refractivity (Wildman–Crippen MR) is 67.6 cm³/mol. The molecule has 0 radical (unpaired) electrons. The summed E-state index contributed by atoms with van der Waals surface area (Å²) >= 11 is 0. The van der Waals surface area contributed by atoms with Gasteiger partial charge >= 0.3 is 0 Å². The molecule has 0 spiro atoms. The lowest BCUT2D eigenvalue weighted by atomic mass is 10.3. The second kappa shape index (κ2) is 6.35. The second-order valence-corrected chi connectivity index (χ2v) is 4.32. The molecule has 0 atom stereocenters. The van der Waals surface area contributed by atoms with Crippen LogP contribution in [0.3, 0.4) is 0 Å². The highest BCUT2D eigenvalue weighted by atomic mass is 16.5. The van der Waals surface area contributed by atoms with Crippen LogP contribution in [0, 0.1) is 0 Å². The van der Waals surface area contributed by atoms with Gasteiger partial charge in [-0.05, 0) is 25.0 Å². The van der Waals surface area contributed by atoms with Crippen molar-refractivity contribution < 1.29 is 14.3 Å². The molecule has 1 heterocycles. The van der Waals surface area contributed by atoms with E-state index in [1.165, 1.54) is 12.8 Å². The number of hydrogen-bond acceptors (Lipinski definition) is 4. The van der Waals surface area contributed by atoms with Gasteiger partial charge in [0.1, 0.15) is 6.61 Å². The third-order valence-electron chi connectivity index (χ3n) is 3.00. The molecule has 1 aliphatic rings. The van der Waals surface area contributed by atoms with Gasteiger partial charge in [0, 0.05) is 6.20 Å². The standard InChI is InChI=1S/C13H18N2O3/c1-17-11-7-4-8-14-13(11)15-12(16)9-18-10-5-2-3-6-10/h4,7-8,10H,2-3,5-6,9H2,1H3,(H,14,15,16). The summed E-state index contributed by atoms with van der Waals surface area (Å²) in [5, 5.41) is 2.69. The van der Waals surface area contributed by atoms with Crippen molar-refractivity contribution in [2.24, 2.45) is 0 Å². The Balaban J connectivity index is 1.82. The van der Waals surface area contributed by atoms with Gasteiger partial charge < -0.3 is 14.8 Å². The van der Waals surface area contributed by atoms with E-state index in [4.69, 9.17) is 9.47 Å². The number of aromatic nitrogens is 1. The van der Waals surface area contributed by atoms with Crippen molar-refractivity contribution in [2.75, 3.05) is 19.0 Å². The molecule has 1 aromatic rings. The second-order valence-electron chi connectivity index (χ2n) is 4.32. The molecule has 2 rings (SSSR count). The molecule has 1 amide bonds. The van der Waals surface area contributed by atoms with Gasteiger partial charge in [0.25, 0.3) is 5.91 Å². The predicted octanol–water partition coefficient (Wildman–Crippen LogP) is 1.99. The van der Waals surface area contributed by atoms with Crippen LogP contribution in [0.25, 0.3) is 0 Å². The number of nitrogens with zero attached hydrogens (tertiary/aromatic N) is 1. The minimum atomic E-state index is -0.195. The van der Waals surface area contributed by atoms with Gasteiger partial charge in [0.05, 0.1) is 13.2 Å². The molecule has 1 saturated carbocycles. The van der Waals surface area contributed by atoms with Crippen molar-refractivity contribution in [3.8, 4) is 5.75 Å². The summed E-state index contributed by atoms with van der Waals surface area (Å²) in [5.41, 5.74) is 0. The van der Waals surface area contributed by atoms with E-state index in [1.807, 2.05) is 0 Å². The van der Waals surface area contributed by atoms with Crippen molar-refractivity contribution >= 4 is 11.7 Å². The minimum absolute atomic E-state index is 0.0738. The van der Waals surface area contributed by atoms with Crippen LogP contribution in [0.5, 0.6) is 5.75 Å². The Labute approximate surface area is 107 Å². The summed E-state index contributed by atoms with van der Waals surface area (Å²) < 4.78 is 10.6. The Morgan fingerprint density at radius 2 is 2.28 bits per heavy atom. The molecular formula is C13H18N2O3. The lowest BCUT2D eigenvalue weighted by Crippen LogP contribution is -2.22. The van der Waals surface area contributed by atoms with Crippen molar-refractivity contribution in [3.05, 3.63) is 18.3 Å². The summed E-state index contributed by atoms with van der Waals surface area (Å²) in [5.74, 6) is 0.783. The van der Waals surface area contributed by atoms with Gasteiger partial charge in [-0.15, -0.1) is 0 Å². The summed E-state index contributed by atoms with van der Waals surface area (Å²) in [6, 6.07) is 3.50. The number of carbonyl (C=O) groups is 1. The Morgan fingerprint density at radius 3 is 3.00 bits per heavy atom. The summed E-state index contributed by atoms with van der Waals surface area (Å²) in [4.78, 5) is 15.8. The van der Waals surface area contributed by atoms with E-state index in [1.54, 1.807) is 25.4 Å². The van der Waals surface area contributed by atoms with E-state index in [-0.39, 0.29) is 18.6 Å². The maximum atomic E-state index is 11.7. The first kappa shape index (κ1) is 12.8. The SMILES string of the molecule is COc1cccnc1NC(=O)COC1CCCC1. The first-order chi connectivity index (χ1) is 8.79. The Kier molecular flexibility index (Phi) is 4.52. The third-order valence-corrected chi connectivity index (χ3v) is 3.00. The van der Waals surface area contributed by atoms with Crippen LogP contribution in [-0.4, -0.2) is 30.7 Å². The van der Waals surface area contributed by atoms with E-state index in [2.05, 4.69) is 10.3 Å². The van der Waals surface area contributed by atoms with Gasteiger partial charge in [0.15, 0.2) is 11.6 Å². The average molecular weight is 250 g/mol. The topological polar surface area (TPSA) is 60.5 Å². The normalized spacial score (nSPS) is 15.6. The van der Waals surface area contributed by atoms with Crippen LogP contribution < -0.4 is 10.1 Å². The number of pyridine rings is 1. The number of rotatable bonds is 5. The van der Waals surface area contributed by atoms with E-state index in [0.717, 1.165) is 12.8 Å². The Bertz CT molecular complexity index is 403. The van der Waals surface area contributed by atoms with Crippen LogP contribution in [0.15, 0.2) is 18.3 Å². The first-order valence-electron chi connectivity index (χ1n) is 6.20. The molecule has 0 aromatic carbocycles. The summed E-state index contributed by atoms with van der Waals surface area (Å²) in [6.45, 7) is 0.0738. The number of anilines is 1. The van der Waals surface area contributed by atoms with Gasteiger partial charge in [-0.2, -0.15) is 0 Å². The molecule has 0 saturated heterocycles. The van der Waals surface area contributed by atoms with Crippen molar-refractivity contribution in [1.29, 1.82) is 0 Å². The number of nitrogens with one attached hydrogen (secondary N) is 1. The van der Waals surface area contributed by atoms with Crippen molar-refractivity contribution in [3.63, 3.8) is 0 Å². The zero-order chi connectivity index (χ0) is 12.8. The van der Waals surface area contributed by atoms with E-state index < -0.39 is 0 Å². The zero-order valence-corrected chi connectivity index (χ0v) is 10.5. The Morgan fingerprint density at radius 1 is 1.50 bits per heavy atom. The number of carbonyl (C=O) groups excluding carboxylic acids is 1. The molecule has 5 heteroatoms. The highest BCUT2D eigenvalue weighted by Crippen LogP contribution is 2.22. The molecule has 0 aliphatic heterocycles. The molecule has 1 aromatic heterocycles. The van der Waals surface area contributed by atoms with E-state index in [0.29, 0.717) is 11.6 Å². The highest BCUT2D eigenvalue weighted by molar-refractivity contribution is 5.92. The number of methoxy groups -OCH3 is 1. The van der Waals surface area contributed by atoms with Crippen molar-refractivity contribution in [2.45, 2.75) is 31.8 Å². The Hall–Kier alpha value is -1.62.